The Kier molecular flexibility index (Phi) is 4.79. The lowest BCUT2D eigenvalue weighted by molar-refractivity contribution is 0.00578. The van der Waals surface area contributed by atoms with E-state index in [9.17, 15) is 4.39 Å². The van der Waals surface area contributed by atoms with Crippen molar-refractivity contribution in [3.8, 4) is 11.3 Å². The monoisotopic (exact) mass is 357 g/mol. The van der Waals surface area contributed by atoms with Crippen molar-refractivity contribution in [3.05, 3.63) is 42.0 Å². The molecular formula is C19H25BFN3O2. The van der Waals surface area contributed by atoms with Gasteiger partial charge in [0.05, 0.1) is 22.6 Å². The molecule has 0 saturated carbocycles. The van der Waals surface area contributed by atoms with Crippen LogP contribution in [0.4, 0.5) is 4.39 Å². The summed E-state index contributed by atoms with van der Waals surface area (Å²) < 4.78 is 28.3. The first-order chi connectivity index (χ1) is 12.1. The minimum Gasteiger partial charge on any atom is -0.398 e. The predicted molar refractivity (Wildman–Crippen MR) is 101 cm³/mol. The second kappa shape index (κ2) is 6.63. The summed E-state index contributed by atoms with van der Waals surface area (Å²) in [5, 5.41) is 4.61. The normalized spacial score (nSPS) is 19.4. The average Bonchev–Trinajstić information content (AvgIpc) is 3.07. The standard InChI is InChI=1S/C19H25BFN3O2/c1-13(2)24-15(11-16(23-24)14-7-9-22-10-8-14)12-17(21)20-25-18(3,4)19(5,6)26-20/h7-13H,1-6H3. The highest BCUT2D eigenvalue weighted by Crippen LogP contribution is 2.39. The number of aromatic nitrogens is 3. The molecule has 0 aromatic carbocycles. The van der Waals surface area contributed by atoms with Crippen LogP contribution in [0.3, 0.4) is 0 Å². The first kappa shape index (κ1) is 18.8. The van der Waals surface area contributed by atoms with Crippen molar-refractivity contribution >= 4 is 13.2 Å². The highest BCUT2D eigenvalue weighted by molar-refractivity contribution is 6.54. The summed E-state index contributed by atoms with van der Waals surface area (Å²) in [6.45, 7) is 11.6. The number of pyridine rings is 1. The Morgan fingerprint density at radius 2 is 1.73 bits per heavy atom. The molecule has 1 aliphatic heterocycles. The van der Waals surface area contributed by atoms with Crippen LogP contribution in [-0.2, 0) is 9.31 Å². The molecule has 26 heavy (non-hydrogen) atoms. The zero-order chi connectivity index (χ0) is 19.1. The van der Waals surface area contributed by atoms with Crippen LogP contribution in [0.15, 0.2) is 36.3 Å². The first-order valence-corrected chi connectivity index (χ1v) is 8.83. The van der Waals surface area contributed by atoms with Crippen molar-refractivity contribution in [2.24, 2.45) is 0 Å². The van der Waals surface area contributed by atoms with Crippen LogP contribution in [0, 0.1) is 0 Å². The van der Waals surface area contributed by atoms with E-state index in [-0.39, 0.29) is 6.04 Å². The maximum absolute atomic E-state index is 14.9. The zero-order valence-electron chi connectivity index (χ0n) is 16.2. The van der Waals surface area contributed by atoms with Gasteiger partial charge in [-0.1, -0.05) is 0 Å². The number of hydrogen-bond acceptors (Lipinski definition) is 4. The Hall–Kier alpha value is -1.99. The van der Waals surface area contributed by atoms with Crippen molar-refractivity contribution < 1.29 is 13.7 Å². The Morgan fingerprint density at radius 1 is 1.15 bits per heavy atom. The largest absolute Gasteiger partial charge is 0.525 e. The fourth-order valence-corrected chi connectivity index (χ4v) is 2.76. The third-order valence-corrected chi connectivity index (χ3v) is 4.99. The molecule has 1 saturated heterocycles. The Balaban J connectivity index is 1.94. The minimum absolute atomic E-state index is 0.0860. The topological polar surface area (TPSA) is 49.2 Å². The predicted octanol–water partition coefficient (Wildman–Crippen LogP) is 4.47. The second-order valence-electron chi connectivity index (χ2n) is 7.85. The van der Waals surface area contributed by atoms with Crippen molar-refractivity contribution in [3.63, 3.8) is 0 Å². The van der Waals surface area contributed by atoms with E-state index in [2.05, 4.69) is 10.1 Å². The van der Waals surface area contributed by atoms with E-state index in [0.29, 0.717) is 5.69 Å². The summed E-state index contributed by atoms with van der Waals surface area (Å²) in [6.07, 6.45) is 4.87. The smallest absolute Gasteiger partial charge is 0.398 e. The van der Waals surface area contributed by atoms with E-state index in [4.69, 9.17) is 9.31 Å². The van der Waals surface area contributed by atoms with Gasteiger partial charge in [0.2, 0.25) is 0 Å². The molecule has 0 bridgehead atoms. The van der Waals surface area contributed by atoms with Crippen LogP contribution < -0.4 is 0 Å². The van der Waals surface area contributed by atoms with Crippen molar-refractivity contribution in [2.45, 2.75) is 58.8 Å². The third-order valence-electron chi connectivity index (χ3n) is 4.99. The molecule has 138 valence electrons. The maximum atomic E-state index is 14.9. The van der Waals surface area contributed by atoms with E-state index in [0.717, 1.165) is 11.3 Å². The molecule has 2 aromatic heterocycles. The van der Waals surface area contributed by atoms with Crippen LogP contribution in [0.1, 0.15) is 53.3 Å². The summed E-state index contributed by atoms with van der Waals surface area (Å²) in [5.41, 5.74) is 0.747. The van der Waals surface area contributed by atoms with Gasteiger partial charge in [-0.25, -0.2) is 4.39 Å². The lowest BCUT2D eigenvalue weighted by Gasteiger charge is -2.32. The van der Waals surface area contributed by atoms with Crippen molar-refractivity contribution in [1.82, 2.24) is 14.8 Å². The molecule has 0 amide bonds. The van der Waals surface area contributed by atoms with Crippen LogP contribution in [0.25, 0.3) is 17.3 Å². The molecule has 7 heteroatoms. The molecule has 1 fully saturated rings. The third kappa shape index (κ3) is 3.46. The molecule has 2 aromatic rings. The summed E-state index contributed by atoms with van der Waals surface area (Å²) in [6, 6.07) is 5.71. The van der Waals surface area contributed by atoms with Crippen LogP contribution in [0.2, 0.25) is 0 Å². The highest BCUT2D eigenvalue weighted by atomic mass is 19.1. The summed E-state index contributed by atoms with van der Waals surface area (Å²) in [4.78, 5) is 4.02. The average molecular weight is 357 g/mol. The molecular weight excluding hydrogens is 332 g/mol. The molecule has 0 atom stereocenters. The number of nitrogens with zero attached hydrogens (tertiary/aromatic N) is 3. The van der Waals surface area contributed by atoms with E-state index in [1.807, 2.05) is 59.7 Å². The summed E-state index contributed by atoms with van der Waals surface area (Å²) in [7, 11) is -1.01. The van der Waals surface area contributed by atoms with Gasteiger partial charge in [0, 0.05) is 24.0 Å². The second-order valence-corrected chi connectivity index (χ2v) is 7.85. The van der Waals surface area contributed by atoms with Crippen LogP contribution >= 0.6 is 0 Å². The molecule has 0 spiro atoms. The van der Waals surface area contributed by atoms with Crippen LogP contribution in [-0.4, -0.2) is 33.1 Å². The number of rotatable bonds is 4. The van der Waals surface area contributed by atoms with Gasteiger partial charge >= 0.3 is 7.12 Å². The summed E-state index contributed by atoms with van der Waals surface area (Å²) in [5.74, 6) is 0. The van der Waals surface area contributed by atoms with Gasteiger partial charge in [0.1, 0.15) is 5.73 Å². The SMILES string of the molecule is CC(C)n1nc(-c2ccncc2)cc1C=C(F)B1OC(C)(C)C(C)(C)O1. The molecule has 3 heterocycles. The molecule has 0 aliphatic carbocycles. The van der Waals surface area contributed by atoms with Gasteiger partial charge < -0.3 is 9.31 Å². The maximum Gasteiger partial charge on any atom is 0.525 e. The van der Waals surface area contributed by atoms with E-state index < -0.39 is 24.0 Å². The molecule has 0 unspecified atom stereocenters. The minimum atomic E-state index is -1.01. The Morgan fingerprint density at radius 3 is 2.27 bits per heavy atom. The molecule has 1 aliphatic rings. The van der Waals surface area contributed by atoms with Gasteiger partial charge in [-0.2, -0.15) is 5.10 Å². The lowest BCUT2D eigenvalue weighted by atomic mass is 9.87. The van der Waals surface area contributed by atoms with E-state index in [1.54, 1.807) is 17.1 Å². The number of hydrogen-bond donors (Lipinski definition) is 0. The first-order valence-electron chi connectivity index (χ1n) is 8.83. The Bertz CT molecular complexity index is 799. The molecule has 3 rings (SSSR count). The van der Waals surface area contributed by atoms with E-state index in [1.165, 1.54) is 6.08 Å². The van der Waals surface area contributed by atoms with Gasteiger partial charge in [-0.05, 0) is 65.8 Å². The Labute approximate surface area is 154 Å². The fourth-order valence-electron chi connectivity index (χ4n) is 2.76. The van der Waals surface area contributed by atoms with Crippen molar-refractivity contribution in [2.75, 3.05) is 0 Å². The quantitative estimate of drug-likeness (QED) is 0.758. The fraction of sp³-hybridized carbons (Fsp3) is 0.474. The van der Waals surface area contributed by atoms with Gasteiger partial charge in [-0.3, -0.25) is 9.67 Å². The number of halogens is 1. The van der Waals surface area contributed by atoms with Gasteiger partial charge in [0.15, 0.2) is 0 Å². The molecule has 5 nitrogen and oxygen atoms in total. The van der Waals surface area contributed by atoms with Crippen LogP contribution in [0.5, 0.6) is 0 Å². The molecule has 0 N–H and O–H groups in total. The van der Waals surface area contributed by atoms with Crippen molar-refractivity contribution in [1.29, 1.82) is 0 Å². The van der Waals surface area contributed by atoms with E-state index >= 15 is 0 Å². The highest BCUT2D eigenvalue weighted by Gasteiger charge is 2.53. The zero-order valence-corrected chi connectivity index (χ0v) is 16.2. The summed E-state index contributed by atoms with van der Waals surface area (Å²) >= 11 is 0. The van der Waals surface area contributed by atoms with Gasteiger partial charge in [-0.15, -0.1) is 0 Å². The van der Waals surface area contributed by atoms with Gasteiger partial charge in [0.25, 0.3) is 0 Å². The molecule has 0 radical (unpaired) electrons. The lowest BCUT2D eigenvalue weighted by Crippen LogP contribution is -2.41.